The van der Waals surface area contributed by atoms with Gasteiger partial charge in [-0.3, -0.25) is 9.78 Å². The minimum Gasteiger partial charge on any atom is -0.438 e. The first-order chi connectivity index (χ1) is 14.8. The van der Waals surface area contributed by atoms with Crippen molar-refractivity contribution in [2.45, 2.75) is 12.8 Å². The van der Waals surface area contributed by atoms with Gasteiger partial charge in [0.1, 0.15) is 11.3 Å². The zero-order chi connectivity index (χ0) is 20.6. The Morgan fingerprint density at radius 3 is 2.67 bits per heavy atom. The number of carbonyl (C=O) groups excluding carboxylic acids is 1. The molecule has 0 saturated heterocycles. The summed E-state index contributed by atoms with van der Waals surface area (Å²) in [5.41, 5.74) is 2.43. The molecule has 1 aromatic carbocycles. The van der Waals surface area contributed by atoms with E-state index in [2.05, 4.69) is 20.3 Å². The smallest absolute Gasteiger partial charge is 0.256 e. The molecule has 0 bridgehead atoms. The molecule has 0 aliphatic heterocycles. The molecule has 0 fully saturated rings. The van der Waals surface area contributed by atoms with Gasteiger partial charge in [0.05, 0.1) is 10.7 Å². The second kappa shape index (κ2) is 9.76. The van der Waals surface area contributed by atoms with Gasteiger partial charge in [0.25, 0.3) is 5.91 Å². The van der Waals surface area contributed by atoms with Crippen LogP contribution in [0.3, 0.4) is 0 Å². The number of nitrogens with zero attached hydrogens (tertiary/aromatic N) is 3. The molecule has 4 rings (SSSR count). The number of hydrogen-bond donors (Lipinski definition) is 1. The predicted molar refractivity (Wildman–Crippen MR) is 117 cm³/mol. The summed E-state index contributed by atoms with van der Waals surface area (Å²) in [5.74, 6) is 0.729. The van der Waals surface area contributed by atoms with Crippen molar-refractivity contribution in [3.8, 4) is 22.9 Å². The first-order valence-corrected chi connectivity index (χ1v) is 10.5. The third-order valence-electron chi connectivity index (χ3n) is 4.35. The van der Waals surface area contributed by atoms with Crippen molar-refractivity contribution >= 4 is 17.2 Å². The van der Waals surface area contributed by atoms with Gasteiger partial charge in [0.15, 0.2) is 0 Å². The van der Waals surface area contributed by atoms with Gasteiger partial charge in [-0.1, -0.05) is 18.2 Å². The largest absolute Gasteiger partial charge is 0.438 e. The van der Waals surface area contributed by atoms with Crippen LogP contribution in [0.1, 0.15) is 21.8 Å². The van der Waals surface area contributed by atoms with Crippen LogP contribution in [0.25, 0.3) is 11.3 Å². The highest BCUT2D eigenvalue weighted by atomic mass is 32.1. The molecule has 0 atom stereocenters. The number of pyridine rings is 2. The number of carbonyl (C=O) groups is 1. The van der Waals surface area contributed by atoms with Crippen LogP contribution in [0.2, 0.25) is 0 Å². The van der Waals surface area contributed by atoms with E-state index in [4.69, 9.17) is 4.74 Å². The second-order valence-corrected chi connectivity index (χ2v) is 7.44. The summed E-state index contributed by atoms with van der Waals surface area (Å²) >= 11 is 1.63. The average molecular weight is 417 g/mol. The Hall–Kier alpha value is -3.58. The van der Waals surface area contributed by atoms with Gasteiger partial charge < -0.3 is 10.1 Å². The molecule has 3 heterocycles. The number of ether oxygens (including phenoxy) is 1. The van der Waals surface area contributed by atoms with Crippen molar-refractivity contribution in [1.82, 2.24) is 20.3 Å². The van der Waals surface area contributed by atoms with E-state index in [9.17, 15) is 4.79 Å². The minimum atomic E-state index is -0.203. The Bertz CT molecular complexity index is 1100. The zero-order valence-electron chi connectivity index (χ0n) is 16.2. The van der Waals surface area contributed by atoms with Crippen molar-refractivity contribution in [2.24, 2.45) is 0 Å². The summed E-state index contributed by atoms with van der Waals surface area (Å²) in [4.78, 5) is 25.5. The maximum absolute atomic E-state index is 12.6. The fourth-order valence-corrected chi connectivity index (χ4v) is 3.71. The van der Waals surface area contributed by atoms with E-state index in [1.54, 1.807) is 42.1 Å². The minimum absolute atomic E-state index is 0.203. The standard InChI is InChI=1S/C23H20N4O2S/c28-22(19-8-4-13-26-23(19)29-18-6-2-1-3-7-18)25-12-5-9-21-27-20(16-30-21)17-10-14-24-15-11-17/h1-4,6-8,10-11,13-16H,5,9,12H2,(H,25,28). The van der Waals surface area contributed by atoms with Gasteiger partial charge in [-0.15, -0.1) is 11.3 Å². The number of rotatable bonds is 8. The Morgan fingerprint density at radius 2 is 1.83 bits per heavy atom. The van der Waals surface area contributed by atoms with Crippen molar-refractivity contribution in [1.29, 1.82) is 0 Å². The van der Waals surface area contributed by atoms with E-state index in [1.165, 1.54) is 0 Å². The first-order valence-electron chi connectivity index (χ1n) is 9.60. The Labute approximate surface area is 178 Å². The molecule has 0 unspecified atom stereocenters. The van der Waals surface area contributed by atoms with Crippen LogP contribution < -0.4 is 10.1 Å². The molecule has 0 aliphatic carbocycles. The van der Waals surface area contributed by atoms with Gasteiger partial charge in [0, 0.05) is 42.5 Å². The molecule has 0 saturated carbocycles. The summed E-state index contributed by atoms with van der Waals surface area (Å²) in [6.07, 6.45) is 6.73. The van der Waals surface area contributed by atoms with Gasteiger partial charge in [0.2, 0.25) is 5.88 Å². The average Bonchev–Trinajstić information content (AvgIpc) is 3.27. The van der Waals surface area contributed by atoms with Crippen molar-refractivity contribution in [3.63, 3.8) is 0 Å². The molecule has 0 radical (unpaired) electrons. The topological polar surface area (TPSA) is 77.0 Å². The van der Waals surface area contributed by atoms with Crippen LogP contribution in [-0.2, 0) is 6.42 Å². The van der Waals surface area contributed by atoms with Crippen molar-refractivity contribution in [3.05, 3.63) is 89.1 Å². The molecule has 150 valence electrons. The molecule has 1 N–H and O–H groups in total. The SMILES string of the molecule is O=C(NCCCc1nc(-c2ccncc2)cs1)c1cccnc1Oc1ccccc1. The Morgan fingerprint density at radius 1 is 1.00 bits per heavy atom. The van der Waals surface area contributed by atoms with Gasteiger partial charge in [-0.2, -0.15) is 0 Å². The summed E-state index contributed by atoms with van der Waals surface area (Å²) in [6.45, 7) is 0.544. The van der Waals surface area contributed by atoms with Crippen LogP contribution >= 0.6 is 11.3 Å². The lowest BCUT2D eigenvalue weighted by atomic mass is 10.2. The predicted octanol–water partition coefficient (Wildman–Crippen LogP) is 4.76. The van der Waals surface area contributed by atoms with E-state index in [0.29, 0.717) is 23.7 Å². The second-order valence-electron chi connectivity index (χ2n) is 6.49. The molecular formula is C23H20N4O2S. The molecule has 7 heteroatoms. The summed E-state index contributed by atoms with van der Waals surface area (Å²) in [6, 6.07) is 16.6. The zero-order valence-corrected chi connectivity index (χ0v) is 17.0. The Kier molecular flexibility index (Phi) is 6.41. The molecule has 6 nitrogen and oxygen atoms in total. The number of aromatic nitrogens is 3. The number of amides is 1. The first kappa shape index (κ1) is 19.7. The normalized spacial score (nSPS) is 10.5. The third kappa shape index (κ3) is 5.07. The third-order valence-corrected chi connectivity index (χ3v) is 5.26. The lowest BCUT2D eigenvalue weighted by Crippen LogP contribution is -2.25. The maximum Gasteiger partial charge on any atom is 0.256 e. The van der Waals surface area contributed by atoms with Gasteiger partial charge in [-0.25, -0.2) is 9.97 Å². The Balaban J connectivity index is 1.30. The fraction of sp³-hybridized carbons (Fsp3) is 0.130. The molecular weight excluding hydrogens is 396 g/mol. The van der Waals surface area contributed by atoms with Crippen molar-refractivity contribution < 1.29 is 9.53 Å². The molecule has 3 aromatic heterocycles. The molecule has 4 aromatic rings. The number of nitrogens with one attached hydrogen (secondary N) is 1. The van der Waals surface area contributed by atoms with E-state index in [-0.39, 0.29) is 5.91 Å². The van der Waals surface area contributed by atoms with E-state index in [1.807, 2.05) is 47.8 Å². The lowest BCUT2D eigenvalue weighted by Gasteiger charge is -2.10. The summed E-state index contributed by atoms with van der Waals surface area (Å²) in [7, 11) is 0. The molecule has 0 spiro atoms. The van der Waals surface area contributed by atoms with Crippen LogP contribution in [0.15, 0.2) is 78.6 Å². The number of thiazole rings is 1. The summed E-state index contributed by atoms with van der Waals surface area (Å²) < 4.78 is 5.77. The lowest BCUT2D eigenvalue weighted by molar-refractivity contribution is 0.0950. The van der Waals surface area contributed by atoms with E-state index in [0.717, 1.165) is 29.1 Å². The quantitative estimate of drug-likeness (QED) is 0.419. The van der Waals surface area contributed by atoms with E-state index >= 15 is 0 Å². The maximum atomic E-state index is 12.6. The molecule has 30 heavy (non-hydrogen) atoms. The number of benzene rings is 1. The number of aryl methyl sites for hydroxylation is 1. The molecule has 0 aliphatic rings. The van der Waals surface area contributed by atoms with Gasteiger partial charge >= 0.3 is 0 Å². The fourth-order valence-electron chi connectivity index (χ4n) is 2.86. The number of para-hydroxylation sites is 1. The van der Waals surface area contributed by atoms with Crippen LogP contribution in [-0.4, -0.2) is 27.4 Å². The summed E-state index contributed by atoms with van der Waals surface area (Å²) in [5, 5.41) is 6.04. The highest BCUT2D eigenvalue weighted by Crippen LogP contribution is 2.23. The van der Waals surface area contributed by atoms with Gasteiger partial charge in [-0.05, 0) is 42.8 Å². The van der Waals surface area contributed by atoms with Crippen LogP contribution in [0.4, 0.5) is 0 Å². The highest BCUT2D eigenvalue weighted by molar-refractivity contribution is 7.09. The monoisotopic (exact) mass is 416 g/mol. The van der Waals surface area contributed by atoms with Crippen molar-refractivity contribution in [2.75, 3.05) is 6.54 Å². The van der Waals surface area contributed by atoms with Crippen LogP contribution in [0, 0.1) is 0 Å². The van der Waals surface area contributed by atoms with Crippen LogP contribution in [0.5, 0.6) is 11.6 Å². The number of hydrogen-bond acceptors (Lipinski definition) is 6. The van der Waals surface area contributed by atoms with E-state index < -0.39 is 0 Å². The molecule has 1 amide bonds. The highest BCUT2D eigenvalue weighted by Gasteiger charge is 2.14.